The van der Waals surface area contributed by atoms with Gasteiger partial charge in [-0.05, 0) is 56.0 Å². The lowest BCUT2D eigenvalue weighted by Crippen LogP contribution is -2.30. The van der Waals surface area contributed by atoms with Gasteiger partial charge in [-0.3, -0.25) is 0 Å². The zero-order chi connectivity index (χ0) is 11.4. The van der Waals surface area contributed by atoms with Crippen LogP contribution >= 0.6 is 0 Å². The molecule has 1 N–H and O–H groups in total. The molecule has 0 radical (unpaired) electrons. The fraction of sp³-hybridized carbons (Fsp3) is 0.538. The second kappa shape index (κ2) is 5.30. The smallest absolute Gasteiger partial charge is 0.127 e. The molecule has 1 aliphatic rings. The molecule has 3 heteroatoms. The number of hydrogen-bond acceptors (Lipinski definition) is 2. The summed E-state index contributed by atoms with van der Waals surface area (Å²) in [5.41, 5.74) is 1.03. The van der Waals surface area contributed by atoms with E-state index in [-0.39, 0.29) is 5.82 Å². The van der Waals surface area contributed by atoms with Gasteiger partial charge in [-0.2, -0.15) is 0 Å². The molecule has 1 aromatic rings. The van der Waals surface area contributed by atoms with Gasteiger partial charge in [0.1, 0.15) is 11.6 Å². The van der Waals surface area contributed by atoms with E-state index in [9.17, 15) is 4.39 Å². The minimum Gasteiger partial charge on any atom is -0.497 e. The van der Waals surface area contributed by atoms with E-state index in [1.165, 1.54) is 18.9 Å². The molecule has 0 saturated carbocycles. The summed E-state index contributed by atoms with van der Waals surface area (Å²) >= 11 is 0. The predicted octanol–water partition coefficient (Wildman–Crippen LogP) is 2.38. The number of benzene rings is 1. The second-order valence-electron chi connectivity index (χ2n) is 4.42. The van der Waals surface area contributed by atoms with E-state index < -0.39 is 0 Å². The molecule has 0 aromatic heterocycles. The maximum absolute atomic E-state index is 13.3. The summed E-state index contributed by atoms with van der Waals surface area (Å²) in [5, 5.41) is 3.37. The number of hydrogen-bond donors (Lipinski definition) is 1. The first-order valence-corrected chi connectivity index (χ1v) is 5.82. The minimum atomic E-state index is -0.210. The van der Waals surface area contributed by atoms with Gasteiger partial charge in [0, 0.05) is 6.07 Å². The van der Waals surface area contributed by atoms with Crippen molar-refractivity contribution in [2.45, 2.75) is 19.3 Å². The van der Waals surface area contributed by atoms with E-state index in [0.717, 1.165) is 25.1 Å². The highest BCUT2D eigenvalue weighted by Gasteiger charge is 2.14. The SMILES string of the molecule is COc1cc(F)cc(CC2CCCNC2)c1. The first-order valence-electron chi connectivity index (χ1n) is 5.82. The number of piperidine rings is 1. The highest BCUT2D eigenvalue weighted by molar-refractivity contribution is 5.29. The lowest BCUT2D eigenvalue weighted by Gasteiger charge is -2.22. The van der Waals surface area contributed by atoms with Gasteiger partial charge >= 0.3 is 0 Å². The van der Waals surface area contributed by atoms with E-state index in [1.54, 1.807) is 13.2 Å². The van der Waals surface area contributed by atoms with Gasteiger partial charge in [-0.15, -0.1) is 0 Å². The minimum absolute atomic E-state index is 0.210. The van der Waals surface area contributed by atoms with Gasteiger partial charge in [-0.1, -0.05) is 0 Å². The third-order valence-electron chi connectivity index (χ3n) is 3.09. The van der Waals surface area contributed by atoms with Gasteiger partial charge < -0.3 is 10.1 Å². The predicted molar refractivity (Wildman–Crippen MR) is 62.2 cm³/mol. The average Bonchev–Trinajstić information content (AvgIpc) is 2.29. The van der Waals surface area contributed by atoms with Crippen LogP contribution in [0.3, 0.4) is 0 Å². The number of halogens is 1. The van der Waals surface area contributed by atoms with Crippen LogP contribution in [0.4, 0.5) is 4.39 Å². The number of methoxy groups -OCH3 is 1. The molecular weight excluding hydrogens is 205 g/mol. The van der Waals surface area contributed by atoms with Crippen molar-refractivity contribution >= 4 is 0 Å². The van der Waals surface area contributed by atoms with E-state index in [0.29, 0.717) is 11.7 Å². The molecular formula is C13H18FNO. The van der Waals surface area contributed by atoms with Crippen LogP contribution in [0.5, 0.6) is 5.75 Å². The summed E-state index contributed by atoms with van der Waals surface area (Å²) in [6.07, 6.45) is 3.38. The van der Waals surface area contributed by atoms with E-state index in [2.05, 4.69) is 5.32 Å². The Bertz CT molecular complexity index is 348. The standard InChI is InChI=1S/C13H18FNO/c1-16-13-7-11(6-12(14)8-13)5-10-3-2-4-15-9-10/h6-8,10,15H,2-5,9H2,1H3. The van der Waals surface area contributed by atoms with Crippen molar-refractivity contribution in [3.05, 3.63) is 29.6 Å². The molecule has 1 fully saturated rings. The lowest BCUT2D eigenvalue weighted by atomic mass is 9.92. The van der Waals surface area contributed by atoms with Crippen molar-refractivity contribution in [1.82, 2.24) is 5.32 Å². The van der Waals surface area contributed by atoms with Crippen molar-refractivity contribution in [2.24, 2.45) is 5.92 Å². The van der Waals surface area contributed by atoms with E-state index >= 15 is 0 Å². The Morgan fingerprint density at radius 2 is 2.31 bits per heavy atom. The molecule has 0 bridgehead atoms. The second-order valence-corrected chi connectivity index (χ2v) is 4.42. The molecule has 0 amide bonds. The molecule has 1 heterocycles. The fourth-order valence-electron chi connectivity index (χ4n) is 2.29. The van der Waals surface area contributed by atoms with Crippen molar-refractivity contribution in [2.75, 3.05) is 20.2 Å². The van der Waals surface area contributed by atoms with Crippen molar-refractivity contribution in [1.29, 1.82) is 0 Å². The zero-order valence-corrected chi connectivity index (χ0v) is 9.63. The van der Waals surface area contributed by atoms with Crippen molar-refractivity contribution < 1.29 is 9.13 Å². The van der Waals surface area contributed by atoms with Crippen LogP contribution in [0.2, 0.25) is 0 Å². The molecule has 88 valence electrons. The van der Waals surface area contributed by atoms with Gasteiger partial charge in [0.05, 0.1) is 7.11 Å². The van der Waals surface area contributed by atoms with Crippen LogP contribution in [-0.4, -0.2) is 20.2 Å². The third kappa shape index (κ3) is 2.95. The van der Waals surface area contributed by atoms with Gasteiger partial charge in [0.15, 0.2) is 0 Å². The van der Waals surface area contributed by atoms with Crippen molar-refractivity contribution in [3.8, 4) is 5.75 Å². The topological polar surface area (TPSA) is 21.3 Å². The fourth-order valence-corrected chi connectivity index (χ4v) is 2.29. The van der Waals surface area contributed by atoms with Crippen LogP contribution in [-0.2, 0) is 6.42 Å². The van der Waals surface area contributed by atoms with Crippen LogP contribution in [0.25, 0.3) is 0 Å². The molecule has 0 aliphatic carbocycles. The Morgan fingerprint density at radius 3 is 3.00 bits per heavy atom. The maximum Gasteiger partial charge on any atom is 0.127 e. The Hall–Kier alpha value is -1.09. The van der Waals surface area contributed by atoms with Crippen molar-refractivity contribution in [3.63, 3.8) is 0 Å². The number of ether oxygens (including phenoxy) is 1. The quantitative estimate of drug-likeness (QED) is 0.849. The van der Waals surface area contributed by atoms with E-state index in [1.807, 2.05) is 6.07 Å². The molecule has 1 aliphatic heterocycles. The van der Waals surface area contributed by atoms with Gasteiger partial charge in [0.25, 0.3) is 0 Å². The summed E-state index contributed by atoms with van der Waals surface area (Å²) in [4.78, 5) is 0. The molecule has 1 saturated heterocycles. The normalized spacial score (nSPS) is 20.8. The van der Waals surface area contributed by atoms with E-state index in [4.69, 9.17) is 4.74 Å². The average molecular weight is 223 g/mol. The monoisotopic (exact) mass is 223 g/mol. The third-order valence-corrected chi connectivity index (χ3v) is 3.09. The largest absolute Gasteiger partial charge is 0.497 e. The van der Waals surface area contributed by atoms with Crippen LogP contribution < -0.4 is 10.1 Å². The first kappa shape index (κ1) is 11.4. The Kier molecular flexibility index (Phi) is 3.78. The van der Waals surface area contributed by atoms with Gasteiger partial charge in [0.2, 0.25) is 0 Å². The Morgan fingerprint density at radius 1 is 1.44 bits per heavy atom. The highest BCUT2D eigenvalue weighted by Crippen LogP contribution is 2.21. The maximum atomic E-state index is 13.3. The summed E-state index contributed by atoms with van der Waals surface area (Å²) in [7, 11) is 1.57. The van der Waals surface area contributed by atoms with Crippen LogP contribution in [0.1, 0.15) is 18.4 Å². The molecule has 0 spiro atoms. The summed E-state index contributed by atoms with van der Waals surface area (Å²) in [6, 6.07) is 4.96. The Labute approximate surface area is 95.8 Å². The van der Waals surface area contributed by atoms with Gasteiger partial charge in [-0.25, -0.2) is 4.39 Å². The first-order chi connectivity index (χ1) is 7.78. The number of nitrogens with one attached hydrogen (secondary N) is 1. The number of rotatable bonds is 3. The zero-order valence-electron chi connectivity index (χ0n) is 9.63. The van der Waals surface area contributed by atoms with Crippen LogP contribution in [0.15, 0.2) is 18.2 Å². The molecule has 1 aromatic carbocycles. The highest BCUT2D eigenvalue weighted by atomic mass is 19.1. The molecule has 2 nitrogen and oxygen atoms in total. The molecule has 16 heavy (non-hydrogen) atoms. The lowest BCUT2D eigenvalue weighted by molar-refractivity contribution is 0.373. The molecule has 1 unspecified atom stereocenters. The molecule has 2 rings (SSSR count). The molecule has 1 atom stereocenters. The van der Waals surface area contributed by atoms with Crippen LogP contribution in [0, 0.1) is 11.7 Å². The summed E-state index contributed by atoms with van der Waals surface area (Å²) in [5.74, 6) is 1.03. The summed E-state index contributed by atoms with van der Waals surface area (Å²) < 4.78 is 18.3. The summed E-state index contributed by atoms with van der Waals surface area (Å²) in [6.45, 7) is 2.15. The Balaban J connectivity index is 2.04.